The van der Waals surface area contributed by atoms with Crippen LogP contribution >= 0.6 is 0 Å². The van der Waals surface area contributed by atoms with Gasteiger partial charge >= 0.3 is 0 Å². The van der Waals surface area contributed by atoms with Gasteiger partial charge in [-0.05, 0) is 42.7 Å². The Labute approximate surface area is 145 Å². The van der Waals surface area contributed by atoms with Gasteiger partial charge in [-0.3, -0.25) is 4.79 Å². The fraction of sp³-hybridized carbons (Fsp3) is 0.368. The summed E-state index contributed by atoms with van der Waals surface area (Å²) < 4.78 is 18.8. The Kier molecular flexibility index (Phi) is 4.36. The van der Waals surface area contributed by atoms with Crippen LogP contribution in [0.2, 0.25) is 0 Å². The number of nitrogens with zero attached hydrogens (tertiary/aromatic N) is 2. The number of carbonyl (C=O) groups is 1. The van der Waals surface area contributed by atoms with Crippen molar-refractivity contribution in [1.29, 1.82) is 0 Å². The predicted molar refractivity (Wildman–Crippen MR) is 91.9 cm³/mol. The van der Waals surface area contributed by atoms with Crippen LogP contribution in [0.25, 0.3) is 0 Å². The normalized spacial score (nSPS) is 20.4. The molecule has 2 heterocycles. The van der Waals surface area contributed by atoms with E-state index in [1.807, 2.05) is 12.1 Å². The van der Waals surface area contributed by atoms with E-state index in [1.54, 1.807) is 23.2 Å². The molecular weight excluding hydrogens is 321 g/mol. The van der Waals surface area contributed by atoms with E-state index >= 15 is 0 Å². The number of anilines is 1. The molecule has 1 atom stereocenters. The van der Waals surface area contributed by atoms with Crippen LogP contribution in [0, 0.1) is 5.82 Å². The van der Waals surface area contributed by atoms with E-state index in [0.717, 1.165) is 11.4 Å². The van der Waals surface area contributed by atoms with Crippen LogP contribution in [-0.4, -0.2) is 41.5 Å². The Morgan fingerprint density at radius 3 is 2.68 bits per heavy atom. The second-order valence-electron chi connectivity index (χ2n) is 6.51. The summed E-state index contributed by atoms with van der Waals surface area (Å²) in [4.78, 5) is 18.8. The highest BCUT2D eigenvalue weighted by atomic mass is 19.1. The Morgan fingerprint density at radius 1 is 1.20 bits per heavy atom. The molecule has 1 amide bonds. The average molecular weight is 341 g/mol. The number of hydrogen-bond donors (Lipinski definition) is 1. The predicted octanol–water partition coefficient (Wildman–Crippen LogP) is 3.01. The molecule has 2 aliphatic rings. The van der Waals surface area contributed by atoms with Crippen molar-refractivity contribution in [2.45, 2.75) is 25.0 Å². The number of ether oxygens (including phenoxy) is 1. The molecule has 25 heavy (non-hydrogen) atoms. The number of amides is 1. The average Bonchev–Trinajstić information content (AvgIpc) is 3.46. The van der Waals surface area contributed by atoms with E-state index in [1.165, 1.54) is 25.0 Å². The van der Waals surface area contributed by atoms with Crippen LogP contribution in [0.5, 0.6) is 0 Å². The number of carbonyl (C=O) groups excluding carboxylic acids is 1. The van der Waals surface area contributed by atoms with Crippen molar-refractivity contribution < 1.29 is 13.9 Å². The van der Waals surface area contributed by atoms with E-state index < -0.39 is 0 Å². The molecule has 0 spiro atoms. The number of morpholine rings is 1. The fourth-order valence-corrected chi connectivity index (χ4v) is 2.94. The molecule has 1 aliphatic carbocycles. The maximum atomic E-state index is 13.1. The van der Waals surface area contributed by atoms with Crippen molar-refractivity contribution in [2.75, 3.05) is 25.0 Å². The number of nitrogens with one attached hydrogen (secondary N) is 1. The van der Waals surface area contributed by atoms with Gasteiger partial charge in [-0.1, -0.05) is 12.1 Å². The summed E-state index contributed by atoms with van der Waals surface area (Å²) >= 11 is 0. The van der Waals surface area contributed by atoms with Crippen molar-refractivity contribution in [3.8, 4) is 0 Å². The van der Waals surface area contributed by atoms with Crippen molar-refractivity contribution in [1.82, 2.24) is 9.88 Å². The molecule has 1 N–H and O–H groups in total. The van der Waals surface area contributed by atoms with E-state index in [9.17, 15) is 9.18 Å². The highest BCUT2D eigenvalue weighted by molar-refractivity contribution is 5.94. The number of rotatable bonds is 4. The molecule has 130 valence electrons. The highest BCUT2D eigenvalue weighted by Crippen LogP contribution is 2.25. The number of halogens is 1. The summed E-state index contributed by atoms with van der Waals surface area (Å²) in [6.07, 6.45) is 3.75. The zero-order chi connectivity index (χ0) is 17.2. The molecule has 1 saturated carbocycles. The molecule has 1 aromatic heterocycles. The first-order chi connectivity index (χ1) is 12.2. The minimum atomic E-state index is -0.279. The smallest absolute Gasteiger partial charge is 0.255 e. The van der Waals surface area contributed by atoms with Crippen LogP contribution < -0.4 is 5.32 Å². The zero-order valence-corrected chi connectivity index (χ0v) is 13.8. The van der Waals surface area contributed by atoms with Gasteiger partial charge in [0.2, 0.25) is 0 Å². The van der Waals surface area contributed by atoms with E-state index in [0.29, 0.717) is 31.3 Å². The molecule has 0 radical (unpaired) electrons. The monoisotopic (exact) mass is 341 g/mol. The van der Waals surface area contributed by atoms with Crippen LogP contribution in [0.15, 0.2) is 42.6 Å². The summed E-state index contributed by atoms with van der Waals surface area (Å²) in [7, 11) is 0. The van der Waals surface area contributed by atoms with Crippen molar-refractivity contribution in [3.05, 3.63) is 59.5 Å². The third kappa shape index (κ3) is 3.79. The number of aromatic nitrogens is 1. The Morgan fingerprint density at radius 2 is 2.00 bits per heavy atom. The van der Waals surface area contributed by atoms with Gasteiger partial charge in [-0.15, -0.1) is 0 Å². The minimum Gasteiger partial charge on any atom is -0.370 e. The largest absolute Gasteiger partial charge is 0.370 e. The summed E-state index contributed by atoms with van der Waals surface area (Å²) in [6, 6.07) is 10.4. The second kappa shape index (κ2) is 6.80. The van der Waals surface area contributed by atoms with Gasteiger partial charge in [0, 0.05) is 18.8 Å². The summed E-state index contributed by atoms with van der Waals surface area (Å²) in [5, 5.41) is 3.31. The maximum Gasteiger partial charge on any atom is 0.255 e. The van der Waals surface area contributed by atoms with Crippen LogP contribution in [-0.2, 0) is 4.74 Å². The summed E-state index contributed by atoms with van der Waals surface area (Å²) in [5.74, 6) is 0.476. The lowest BCUT2D eigenvalue weighted by Crippen LogP contribution is -2.42. The van der Waals surface area contributed by atoms with Gasteiger partial charge in [0.1, 0.15) is 17.7 Å². The molecular formula is C19H20FN3O2. The molecule has 6 heteroatoms. The van der Waals surface area contributed by atoms with E-state index in [2.05, 4.69) is 10.3 Å². The minimum absolute atomic E-state index is 0.0547. The van der Waals surface area contributed by atoms with Crippen molar-refractivity contribution in [2.24, 2.45) is 0 Å². The molecule has 2 fully saturated rings. The maximum absolute atomic E-state index is 13.1. The summed E-state index contributed by atoms with van der Waals surface area (Å²) in [6.45, 7) is 1.45. The Hall–Kier alpha value is -2.47. The Balaban J connectivity index is 1.43. The van der Waals surface area contributed by atoms with Gasteiger partial charge in [-0.2, -0.15) is 0 Å². The Bertz CT molecular complexity index is 744. The van der Waals surface area contributed by atoms with E-state index in [4.69, 9.17) is 4.74 Å². The van der Waals surface area contributed by atoms with Gasteiger partial charge in [0.05, 0.1) is 18.7 Å². The SMILES string of the molecule is O=C(c1ccc(NC2CC2)nc1)N1CCOC(c2ccc(F)cc2)C1. The lowest BCUT2D eigenvalue weighted by molar-refractivity contribution is -0.0228. The fourth-order valence-electron chi connectivity index (χ4n) is 2.94. The second-order valence-corrected chi connectivity index (χ2v) is 6.51. The third-order valence-electron chi connectivity index (χ3n) is 4.54. The zero-order valence-electron chi connectivity index (χ0n) is 13.8. The molecule has 1 unspecified atom stereocenters. The molecule has 1 saturated heterocycles. The molecule has 5 nitrogen and oxygen atoms in total. The molecule has 1 aromatic carbocycles. The number of pyridine rings is 1. The molecule has 1 aliphatic heterocycles. The van der Waals surface area contributed by atoms with Crippen molar-refractivity contribution >= 4 is 11.7 Å². The topological polar surface area (TPSA) is 54.5 Å². The van der Waals surface area contributed by atoms with Gasteiger partial charge < -0.3 is 15.0 Å². The summed E-state index contributed by atoms with van der Waals surface area (Å²) in [5.41, 5.74) is 1.45. The first-order valence-electron chi connectivity index (χ1n) is 8.58. The van der Waals surface area contributed by atoms with Crippen LogP contribution in [0.4, 0.5) is 10.2 Å². The lowest BCUT2D eigenvalue weighted by atomic mass is 10.1. The van der Waals surface area contributed by atoms with Gasteiger partial charge in [0.15, 0.2) is 0 Å². The number of hydrogen-bond acceptors (Lipinski definition) is 4. The van der Waals surface area contributed by atoms with Gasteiger partial charge in [-0.25, -0.2) is 9.37 Å². The standard InChI is InChI=1S/C19H20FN3O2/c20-15-4-1-13(2-5-15)17-12-23(9-10-25-17)19(24)14-3-8-18(21-11-14)22-16-6-7-16/h1-5,8,11,16-17H,6-7,9-10,12H2,(H,21,22). The van der Waals surface area contributed by atoms with Crippen LogP contribution in [0.3, 0.4) is 0 Å². The van der Waals surface area contributed by atoms with Gasteiger partial charge in [0.25, 0.3) is 5.91 Å². The molecule has 2 aromatic rings. The van der Waals surface area contributed by atoms with E-state index in [-0.39, 0.29) is 17.8 Å². The van der Waals surface area contributed by atoms with Crippen molar-refractivity contribution in [3.63, 3.8) is 0 Å². The first-order valence-corrected chi connectivity index (χ1v) is 8.58. The highest BCUT2D eigenvalue weighted by Gasteiger charge is 2.26. The lowest BCUT2D eigenvalue weighted by Gasteiger charge is -2.33. The molecule has 0 bridgehead atoms. The van der Waals surface area contributed by atoms with Crippen LogP contribution in [0.1, 0.15) is 34.9 Å². The molecule has 4 rings (SSSR count). The third-order valence-corrected chi connectivity index (χ3v) is 4.54. The first kappa shape index (κ1) is 16.0. The quantitative estimate of drug-likeness (QED) is 0.929. The number of benzene rings is 1.